The smallest absolute Gasteiger partial charge is 0.337 e. The minimum absolute atomic E-state index is 0.00697. The van der Waals surface area contributed by atoms with Gasteiger partial charge < -0.3 is 15.4 Å². The lowest BCUT2D eigenvalue weighted by Gasteiger charge is -2.07. The summed E-state index contributed by atoms with van der Waals surface area (Å²) in [7, 11) is 0. The van der Waals surface area contributed by atoms with Gasteiger partial charge in [-0.1, -0.05) is 17.7 Å². The molecule has 0 saturated heterocycles. The predicted molar refractivity (Wildman–Crippen MR) is 84.7 cm³/mol. The Bertz CT molecular complexity index is 886. The van der Waals surface area contributed by atoms with Crippen LogP contribution in [0, 0.1) is 0 Å². The van der Waals surface area contributed by atoms with E-state index < -0.39 is 5.97 Å². The Balaban J connectivity index is 1.84. The molecule has 3 rings (SSSR count). The maximum atomic E-state index is 12.2. The first-order valence-corrected chi connectivity index (χ1v) is 6.84. The van der Waals surface area contributed by atoms with E-state index in [1.54, 1.807) is 18.3 Å². The van der Waals surface area contributed by atoms with E-state index >= 15 is 0 Å². The number of fused-ring (bicyclic) bond motifs is 1. The summed E-state index contributed by atoms with van der Waals surface area (Å²) in [6, 6.07) is 11.5. The first-order valence-electron chi connectivity index (χ1n) is 6.46. The number of carboxylic acid groups (broad SMARTS) is 1. The van der Waals surface area contributed by atoms with Gasteiger partial charge in [-0.2, -0.15) is 0 Å². The molecule has 6 heteroatoms. The van der Waals surface area contributed by atoms with Crippen molar-refractivity contribution < 1.29 is 14.7 Å². The number of benzene rings is 2. The maximum absolute atomic E-state index is 12.2. The first kappa shape index (κ1) is 14.2. The molecule has 0 atom stereocenters. The second-order valence-electron chi connectivity index (χ2n) is 4.73. The van der Waals surface area contributed by atoms with Gasteiger partial charge in [-0.3, -0.25) is 4.79 Å². The molecule has 1 amide bonds. The number of carbonyl (C=O) groups excluding carboxylic acids is 1. The molecule has 3 N–H and O–H groups in total. The van der Waals surface area contributed by atoms with Gasteiger partial charge in [0.1, 0.15) is 0 Å². The van der Waals surface area contributed by atoms with Gasteiger partial charge in [-0.05, 0) is 41.8 Å². The molecule has 0 bridgehead atoms. The fraction of sp³-hybridized carbons (Fsp3) is 0. The number of H-pyrrole nitrogens is 1. The minimum atomic E-state index is -1.11. The third-order valence-corrected chi connectivity index (χ3v) is 3.59. The van der Waals surface area contributed by atoms with Crippen LogP contribution < -0.4 is 5.32 Å². The largest absolute Gasteiger partial charge is 0.478 e. The van der Waals surface area contributed by atoms with Gasteiger partial charge in [-0.15, -0.1) is 0 Å². The summed E-state index contributed by atoms with van der Waals surface area (Å²) in [6.45, 7) is 0. The van der Waals surface area contributed by atoms with Crippen LogP contribution >= 0.6 is 11.6 Å². The highest BCUT2D eigenvalue weighted by atomic mass is 35.5. The van der Waals surface area contributed by atoms with Gasteiger partial charge in [0.25, 0.3) is 5.91 Å². The summed E-state index contributed by atoms with van der Waals surface area (Å²) < 4.78 is 0. The number of aromatic nitrogens is 1. The van der Waals surface area contributed by atoms with Crippen molar-refractivity contribution in [2.24, 2.45) is 0 Å². The number of carbonyl (C=O) groups is 2. The van der Waals surface area contributed by atoms with Crippen molar-refractivity contribution in [1.29, 1.82) is 0 Å². The third kappa shape index (κ3) is 2.66. The number of hydrogen-bond donors (Lipinski definition) is 3. The van der Waals surface area contributed by atoms with Crippen molar-refractivity contribution >= 4 is 40.1 Å². The summed E-state index contributed by atoms with van der Waals surface area (Å²) in [5.41, 5.74) is 1.79. The number of amides is 1. The molecule has 0 spiro atoms. The number of aromatic carboxylic acids is 1. The molecule has 0 fully saturated rings. The number of aromatic amines is 1. The van der Waals surface area contributed by atoms with E-state index in [0.29, 0.717) is 11.3 Å². The van der Waals surface area contributed by atoms with E-state index in [4.69, 9.17) is 16.7 Å². The van der Waals surface area contributed by atoms with Crippen LogP contribution in [-0.4, -0.2) is 22.0 Å². The number of nitrogens with one attached hydrogen (secondary N) is 2. The van der Waals surface area contributed by atoms with Crippen LogP contribution in [0.3, 0.4) is 0 Å². The molecule has 0 unspecified atom stereocenters. The number of carboxylic acids is 1. The zero-order valence-electron chi connectivity index (χ0n) is 11.3. The fourth-order valence-corrected chi connectivity index (χ4v) is 2.42. The van der Waals surface area contributed by atoms with Gasteiger partial charge in [0.2, 0.25) is 0 Å². The average Bonchev–Trinajstić information content (AvgIpc) is 2.94. The molecule has 1 aromatic heterocycles. The van der Waals surface area contributed by atoms with Gasteiger partial charge in [0.05, 0.1) is 10.6 Å². The van der Waals surface area contributed by atoms with Crippen molar-refractivity contribution in [3.63, 3.8) is 0 Å². The fourth-order valence-electron chi connectivity index (χ4n) is 2.16. The van der Waals surface area contributed by atoms with Crippen LogP contribution in [0.1, 0.15) is 20.7 Å². The lowest BCUT2D eigenvalue weighted by atomic mass is 10.1. The molecule has 0 saturated carbocycles. The Morgan fingerprint density at radius 3 is 2.64 bits per heavy atom. The van der Waals surface area contributed by atoms with Crippen molar-refractivity contribution in [3.05, 3.63) is 64.8 Å². The summed E-state index contributed by atoms with van der Waals surface area (Å²) in [5, 5.41) is 12.7. The lowest BCUT2D eigenvalue weighted by Crippen LogP contribution is -2.12. The van der Waals surface area contributed by atoms with Crippen molar-refractivity contribution in [1.82, 2.24) is 4.98 Å². The first-order chi connectivity index (χ1) is 10.5. The molecule has 22 heavy (non-hydrogen) atoms. The second kappa shape index (κ2) is 5.54. The highest BCUT2D eigenvalue weighted by molar-refractivity contribution is 6.33. The number of rotatable bonds is 3. The summed E-state index contributed by atoms with van der Waals surface area (Å²) in [6.07, 6.45) is 1.80. The SMILES string of the molecule is O=C(Nc1ccc(C(=O)O)c(Cl)c1)c1ccc2cc[nH]c2c1. The molecule has 2 aromatic carbocycles. The topological polar surface area (TPSA) is 82.2 Å². The van der Waals surface area contributed by atoms with Gasteiger partial charge in [0, 0.05) is 23.0 Å². The van der Waals surface area contributed by atoms with Crippen LogP contribution in [0.15, 0.2) is 48.7 Å². The average molecular weight is 315 g/mol. The Labute approximate surface area is 130 Å². The molecule has 0 aliphatic heterocycles. The van der Waals surface area contributed by atoms with E-state index in [2.05, 4.69) is 10.3 Å². The van der Waals surface area contributed by atoms with Crippen LogP contribution in [0.5, 0.6) is 0 Å². The maximum Gasteiger partial charge on any atom is 0.337 e. The highest BCUT2D eigenvalue weighted by Gasteiger charge is 2.11. The zero-order valence-corrected chi connectivity index (χ0v) is 12.0. The Morgan fingerprint density at radius 1 is 1.09 bits per heavy atom. The number of anilines is 1. The van der Waals surface area contributed by atoms with E-state index in [-0.39, 0.29) is 16.5 Å². The molecular weight excluding hydrogens is 304 g/mol. The van der Waals surface area contributed by atoms with Gasteiger partial charge in [-0.25, -0.2) is 4.79 Å². The zero-order chi connectivity index (χ0) is 15.7. The Morgan fingerprint density at radius 2 is 1.91 bits per heavy atom. The Kier molecular flexibility index (Phi) is 3.56. The van der Waals surface area contributed by atoms with Crippen LogP contribution in [0.25, 0.3) is 10.9 Å². The quantitative estimate of drug-likeness (QED) is 0.688. The molecule has 0 aliphatic rings. The van der Waals surface area contributed by atoms with Gasteiger partial charge in [0.15, 0.2) is 0 Å². The summed E-state index contributed by atoms with van der Waals surface area (Å²) in [4.78, 5) is 26.2. The van der Waals surface area contributed by atoms with Crippen molar-refractivity contribution in [2.45, 2.75) is 0 Å². The number of hydrogen-bond acceptors (Lipinski definition) is 2. The molecular formula is C16H11ClN2O3. The van der Waals surface area contributed by atoms with Crippen molar-refractivity contribution in [2.75, 3.05) is 5.32 Å². The van der Waals surface area contributed by atoms with E-state index in [0.717, 1.165) is 10.9 Å². The Hall–Kier alpha value is -2.79. The van der Waals surface area contributed by atoms with E-state index in [1.165, 1.54) is 18.2 Å². The van der Waals surface area contributed by atoms with E-state index in [1.807, 2.05) is 12.1 Å². The molecule has 3 aromatic rings. The predicted octanol–water partition coefficient (Wildman–Crippen LogP) is 3.77. The van der Waals surface area contributed by atoms with Crippen LogP contribution in [0.4, 0.5) is 5.69 Å². The molecule has 0 aliphatic carbocycles. The lowest BCUT2D eigenvalue weighted by molar-refractivity contribution is 0.0697. The molecule has 1 heterocycles. The minimum Gasteiger partial charge on any atom is -0.478 e. The molecule has 5 nitrogen and oxygen atoms in total. The van der Waals surface area contributed by atoms with Crippen LogP contribution in [-0.2, 0) is 0 Å². The monoisotopic (exact) mass is 314 g/mol. The molecule has 110 valence electrons. The summed E-state index contributed by atoms with van der Waals surface area (Å²) >= 11 is 5.88. The standard InChI is InChI=1S/C16H11ClN2O3/c17-13-8-11(3-4-12(13)16(21)22)19-15(20)10-2-1-9-5-6-18-14(9)7-10/h1-8,18H,(H,19,20)(H,21,22). The normalized spacial score (nSPS) is 10.6. The summed E-state index contributed by atoms with van der Waals surface area (Å²) in [5.74, 6) is -1.41. The molecule has 0 radical (unpaired) electrons. The van der Waals surface area contributed by atoms with Gasteiger partial charge >= 0.3 is 5.97 Å². The second-order valence-corrected chi connectivity index (χ2v) is 5.14. The third-order valence-electron chi connectivity index (χ3n) is 3.27. The van der Waals surface area contributed by atoms with Crippen LogP contribution in [0.2, 0.25) is 5.02 Å². The number of halogens is 1. The highest BCUT2D eigenvalue weighted by Crippen LogP contribution is 2.22. The van der Waals surface area contributed by atoms with Crippen molar-refractivity contribution in [3.8, 4) is 0 Å². The van der Waals surface area contributed by atoms with E-state index in [9.17, 15) is 9.59 Å².